The summed E-state index contributed by atoms with van der Waals surface area (Å²) in [7, 11) is 0. The molecule has 0 aromatic heterocycles. The fourth-order valence-corrected chi connectivity index (χ4v) is 9.22. The van der Waals surface area contributed by atoms with Gasteiger partial charge in [0.15, 0.2) is 0 Å². The Bertz CT molecular complexity index is 2720. The zero-order valence-electron chi connectivity index (χ0n) is 30.7. The van der Waals surface area contributed by atoms with Gasteiger partial charge in [-0.25, -0.2) is 0 Å². The van der Waals surface area contributed by atoms with E-state index in [0.29, 0.717) is 0 Å². The number of hydrogen-bond acceptors (Lipinski definition) is 1. The summed E-state index contributed by atoms with van der Waals surface area (Å²) in [6.07, 6.45) is 0. The van der Waals surface area contributed by atoms with Gasteiger partial charge in [-0.3, -0.25) is 0 Å². The molecule has 2 aliphatic rings. The summed E-state index contributed by atoms with van der Waals surface area (Å²) in [5.41, 5.74) is 19.0. The summed E-state index contributed by atoms with van der Waals surface area (Å²) in [5, 5.41) is 2.51. The summed E-state index contributed by atoms with van der Waals surface area (Å²) < 4.78 is 0. The van der Waals surface area contributed by atoms with Gasteiger partial charge in [0.1, 0.15) is 0 Å². The third kappa shape index (κ3) is 4.84. The fraction of sp³-hybridized carbons (Fsp3) is 0.115. The van der Waals surface area contributed by atoms with Crippen LogP contribution >= 0.6 is 0 Å². The van der Waals surface area contributed by atoms with E-state index in [1.165, 1.54) is 77.5 Å². The molecular formula is C52H41N. The minimum Gasteiger partial charge on any atom is -0.310 e. The number of nitrogens with zero attached hydrogens (tertiary/aromatic N) is 1. The maximum absolute atomic E-state index is 2.49. The molecule has 0 spiro atoms. The molecule has 0 fully saturated rings. The molecule has 0 saturated heterocycles. The Hall–Kier alpha value is -6.18. The molecule has 0 amide bonds. The Labute approximate surface area is 312 Å². The lowest BCUT2D eigenvalue weighted by molar-refractivity contribution is 0.660. The second-order valence-corrected chi connectivity index (χ2v) is 15.8. The first kappa shape index (κ1) is 31.5. The zero-order chi connectivity index (χ0) is 35.9. The highest BCUT2D eigenvalue weighted by molar-refractivity contribution is 5.98. The molecular weight excluding hydrogens is 639 g/mol. The van der Waals surface area contributed by atoms with Gasteiger partial charge in [0, 0.05) is 27.8 Å². The highest BCUT2D eigenvalue weighted by Crippen LogP contribution is 2.53. The van der Waals surface area contributed by atoms with Crippen LogP contribution in [0.3, 0.4) is 0 Å². The van der Waals surface area contributed by atoms with E-state index < -0.39 is 0 Å². The van der Waals surface area contributed by atoms with Crippen molar-refractivity contribution in [3.63, 3.8) is 0 Å². The Morgan fingerprint density at radius 2 is 0.868 bits per heavy atom. The molecule has 0 atom stereocenters. The van der Waals surface area contributed by atoms with Crippen molar-refractivity contribution in [3.05, 3.63) is 198 Å². The predicted octanol–water partition coefficient (Wildman–Crippen LogP) is 14.3. The lowest BCUT2D eigenvalue weighted by atomic mass is 9.82. The van der Waals surface area contributed by atoms with Gasteiger partial charge in [-0.2, -0.15) is 0 Å². The van der Waals surface area contributed by atoms with Crippen LogP contribution < -0.4 is 4.90 Å². The zero-order valence-corrected chi connectivity index (χ0v) is 30.7. The number of anilines is 3. The summed E-state index contributed by atoms with van der Waals surface area (Å²) in [5.74, 6) is 0. The summed E-state index contributed by atoms with van der Waals surface area (Å²) >= 11 is 0. The van der Waals surface area contributed by atoms with Gasteiger partial charge in [-0.15, -0.1) is 0 Å². The molecule has 0 bridgehead atoms. The van der Waals surface area contributed by atoms with Gasteiger partial charge in [0.25, 0.3) is 0 Å². The molecule has 8 aromatic carbocycles. The summed E-state index contributed by atoms with van der Waals surface area (Å²) in [4.78, 5) is 2.49. The molecule has 0 radical (unpaired) electrons. The van der Waals surface area contributed by atoms with Gasteiger partial charge >= 0.3 is 0 Å². The second-order valence-electron chi connectivity index (χ2n) is 15.8. The molecule has 8 aromatic rings. The first-order valence-corrected chi connectivity index (χ1v) is 18.8. The maximum atomic E-state index is 2.49. The van der Waals surface area contributed by atoms with E-state index in [2.05, 4.69) is 209 Å². The van der Waals surface area contributed by atoms with E-state index in [0.717, 1.165) is 17.1 Å². The topological polar surface area (TPSA) is 3.24 Å². The smallest absolute Gasteiger partial charge is 0.0540 e. The Morgan fingerprint density at radius 1 is 0.321 bits per heavy atom. The van der Waals surface area contributed by atoms with E-state index >= 15 is 0 Å². The van der Waals surface area contributed by atoms with Crippen molar-refractivity contribution in [3.8, 4) is 44.5 Å². The lowest BCUT2D eigenvalue weighted by Crippen LogP contribution is -2.17. The first-order chi connectivity index (χ1) is 25.8. The maximum Gasteiger partial charge on any atom is 0.0540 e. The molecule has 0 N–H and O–H groups in total. The van der Waals surface area contributed by atoms with Gasteiger partial charge in [-0.1, -0.05) is 155 Å². The summed E-state index contributed by atoms with van der Waals surface area (Å²) in [6, 6.07) is 65.4. The SMILES string of the molecule is CC1(C)c2ccccc2-c2ccc(N(c3ccc4cc5c(cc4c3)-c3ccccc3C5(C)C)c3ccc(-c4ccccc4)cc3-c3ccccc3)cc21. The molecule has 0 aliphatic heterocycles. The van der Waals surface area contributed by atoms with Crippen LogP contribution in [0, 0.1) is 0 Å². The van der Waals surface area contributed by atoms with Crippen molar-refractivity contribution in [2.45, 2.75) is 38.5 Å². The van der Waals surface area contributed by atoms with Crippen LogP contribution in [-0.2, 0) is 10.8 Å². The van der Waals surface area contributed by atoms with Crippen molar-refractivity contribution in [2.24, 2.45) is 0 Å². The number of hydrogen-bond donors (Lipinski definition) is 0. The minimum absolute atomic E-state index is 0.0370. The van der Waals surface area contributed by atoms with Crippen LogP contribution in [0.4, 0.5) is 17.1 Å². The predicted molar refractivity (Wildman–Crippen MR) is 225 cm³/mol. The van der Waals surface area contributed by atoms with Crippen molar-refractivity contribution in [1.29, 1.82) is 0 Å². The van der Waals surface area contributed by atoms with Crippen LogP contribution in [0.1, 0.15) is 49.9 Å². The van der Waals surface area contributed by atoms with Gasteiger partial charge in [-0.05, 0) is 121 Å². The highest BCUT2D eigenvalue weighted by atomic mass is 15.1. The molecule has 0 unspecified atom stereocenters. The Balaban J connectivity index is 1.22. The van der Waals surface area contributed by atoms with Crippen LogP contribution in [0.15, 0.2) is 176 Å². The van der Waals surface area contributed by atoms with Gasteiger partial charge in [0.2, 0.25) is 0 Å². The Kier molecular flexibility index (Phi) is 6.94. The van der Waals surface area contributed by atoms with Crippen LogP contribution in [-0.4, -0.2) is 0 Å². The van der Waals surface area contributed by atoms with Crippen molar-refractivity contribution in [2.75, 3.05) is 4.90 Å². The van der Waals surface area contributed by atoms with E-state index in [-0.39, 0.29) is 10.8 Å². The quantitative estimate of drug-likeness (QED) is 0.175. The minimum atomic E-state index is -0.114. The molecule has 53 heavy (non-hydrogen) atoms. The average molecular weight is 680 g/mol. The van der Waals surface area contributed by atoms with E-state index in [1.54, 1.807) is 0 Å². The fourth-order valence-electron chi connectivity index (χ4n) is 9.22. The van der Waals surface area contributed by atoms with Crippen molar-refractivity contribution < 1.29 is 0 Å². The van der Waals surface area contributed by atoms with Gasteiger partial charge < -0.3 is 4.90 Å². The van der Waals surface area contributed by atoms with Crippen LogP contribution in [0.5, 0.6) is 0 Å². The second kappa shape index (κ2) is 11.7. The number of fused-ring (bicyclic) bond motifs is 7. The van der Waals surface area contributed by atoms with Crippen LogP contribution in [0.2, 0.25) is 0 Å². The molecule has 254 valence electrons. The largest absolute Gasteiger partial charge is 0.310 e. The molecule has 10 rings (SSSR count). The van der Waals surface area contributed by atoms with Crippen molar-refractivity contribution in [1.82, 2.24) is 0 Å². The average Bonchev–Trinajstić information content (AvgIpc) is 3.57. The summed E-state index contributed by atoms with van der Waals surface area (Å²) in [6.45, 7) is 9.45. The number of benzene rings is 8. The molecule has 1 nitrogen and oxygen atoms in total. The van der Waals surface area contributed by atoms with E-state index in [4.69, 9.17) is 0 Å². The normalized spacial score (nSPS) is 14.3. The number of rotatable bonds is 5. The lowest BCUT2D eigenvalue weighted by Gasteiger charge is -2.30. The first-order valence-electron chi connectivity index (χ1n) is 18.8. The van der Waals surface area contributed by atoms with Crippen LogP contribution in [0.25, 0.3) is 55.3 Å². The third-order valence-electron chi connectivity index (χ3n) is 12.0. The molecule has 0 heterocycles. The third-order valence-corrected chi connectivity index (χ3v) is 12.0. The van der Waals surface area contributed by atoms with E-state index in [1.807, 2.05) is 0 Å². The highest BCUT2D eigenvalue weighted by Gasteiger charge is 2.37. The standard InChI is InChI=1S/C52H41N/c1-51(2)47-22-14-12-20-42(47)45-31-38-29-39(25-23-37(38)32-48(45)51)53(40-26-27-43-41-19-11-13-21-46(41)52(3,4)49(43)33-40)50-28-24-36(34-15-7-5-8-16-34)30-44(50)35-17-9-6-10-18-35/h5-33H,1-4H3. The van der Waals surface area contributed by atoms with Gasteiger partial charge in [0.05, 0.1) is 5.69 Å². The molecule has 0 saturated carbocycles. The van der Waals surface area contributed by atoms with Crippen molar-refractivity contribution >= 4 is 27.8 Å². The molecule has 1 heteroatoms. The molecule has 2 aliphatic carbocycles. The monoisotopic (exact) mass is 679 g/mol. The van der Waals surface area contributed by atoms with E-state index in [9.17, 15) is 0 Å². The Morgan fingerprint density at radius 3 is 1.57 bits per heavy atom.